The first kappa shape index (κ1) is 15.8. The standard InChI is InChI=1S/C13H24N2O4/c1-13(2,3)19-12(18)15-6-4-5-10(9-15)7-14-8-11(16)17/h10,14H,4-9H2,1-3H3,(H,16,17)/t10-/m1/s1. The summed E-state index contributed by atoms with van der Waals surface area (Å²) < 4.78 is 5.34. The van der Waals surface area contributed by atoms with Crippen molar-refractivity contribution in [3.05, 3.63) is 0 Å². The van der Waals surface area contributed by atoms with Crippen LogP contribution in [0.2, 0.25) is 0 Å². The van der Waals surface area contributed by atoms with Crippen LogP contribution in [-0.2, 0) is 9.53 Å². The number of nitrogens with zero attached hydrogens (tertiary/aromatic N) is 1. The van der Waals surface area contributed by atoms with E-state index in [1.807, 2.05) is 20.8 Å². The molecule has 19 heavy (non-hydrogen) atoms. The first-order valence-electron chi connectivity index (χ1n) is 6.68. The fourth-order valence-electron chi connectivity index (χ4n) is 2.11. The maximum absolute atomic E-state index is 11.9. The number of nitrogens with one attached hydrogen (secondary N) is 1. The molecule has 6 nitrogen and oxygen atoms in total. The van der Waals surface area contributed by atoms with Crippen molar-refractivity contribution in [3.63, 3.8) is 0 Å². The number of hydrogen-bond donors (Lipinski definition) is 2. The molecule has 1 saturated heterocycles. The summed E-state index contributed by atoms with van der Waals surface area (Å²) in [4.78, 5) is 24.1. The third-order valence-corrected chi connectivity index (χ3v) is 2.88. The van der Waals surface area contributed by atoms with Gasteiger partial charge in [-0.15, -0.1) is 0 Å². The molecular weight excluding hydrogens is 248 g/mol. The molecule has 6 heteroatoms. The van der Waals surface area contributed by atoms with Gasteiger partial charge in [-0.2, -0.15) is 0 Å². The molecule has 0 aromatic rings. The number of aliphatic carboxylic acids is 1. The number of carbonyl (C=O) groups is 2. The highest BCUT2D eigenvalue weighted by atomic mass is 16.6. The molecule has 0 spiro atoms. The van der Waals surface area contributed by atoms with E-state index in [9.17, 15) is 9.59 Å². The number of hydrogen-bond acceptors (Lipinski definition) is 4. The van der Waals surface area contributed by atoms with Gasteiger partial charge in [0.2, 0.25) is 0 Å². The van der Waals surface area contributed by atoms with Gasteiger partial charge in [0, 0.05) is 19.6 Å². The SMILES string of the molecule is CC(C)(C)OC(=O)N1CCC[C@H](CNCC(=O)O)C1. The van der Waals surface area contributed by atoms with Gasteiger partial charge in [0.05, 0.1) is 6.54 Å². The maximum atomic E-state index is 11.9. The van der Waals surface area contributed by atoms with E-state index in [-0.39, 0.29) is 12.6 Å². The molecule has 1 rings (SSSR count). The molecule has 1 fully saturated rings. The smallest absolute Gasteiger partial charge is 0.410 e. The predicted molar refractivity (Wildman–Crippen MR) is 71.0 cm³/mol. The minimum atomic E-state index is -0.861. The number of amides is 1. The van der Waals surface area contributed by atoms with Crippen molar-refractivity contribution < 1.29 is 19.4 Å². The molecule has 1 heterocycles. The Balaban J connectivity index is 2.37. The van der Waals surface area contributed by atoms with Gasteiger partial charge < -0.3 is 20.1 Å². The van der Waals surface area contributed by atoms with Gasteiger partial charge in [0.25, 0.3) is 0 Å². The zero-order valence-electron chi connectivity index (χ0n) is 11.9. The molecule has 0 radical (unpaired) electrons. The van der Waals surface area contributed by atoms with E-state index in [2.05, 4.69) is 5.32 Å². The number of rotatable bonds is 4. The van der Waals surface area contributed by atoms with E-state index in [1.54, 1.807) is 4.90 Å². The lowest BCUT2D eigenvalue weighted by atomic mass is 9.98. The number of piperidine rings is 1. The van der Waals surface area contributed by atoms with Gasteiger partial charge in [-0.1, -0.05) is 0 Å². The molecule has 1 aliphatic rings. The Kier molecular flexibility index (Phi) is 5.60. The Hall–Kier alpha value is -1.30. The number of carbonyl (C=O) groups excluding carboxylic acids is 1. The van der Waals surface area contributed by atoms with Crippen LogP contribution in [0.5, 0.6) is 0 Å². The summed E-state index contributed by atoms with van der Waals surface area (Å²) in [5.74, 6) is -0.569. The zero-order valence-corrected chi connectivity index (χ0v) is 11.9. The molecule has 0 saturated carbocycles. The van der Waals surface area contributed by atoms with Gasteiger partial charge in [-0.3, -0.25) is 4.79 Å². The number of carboxylic acid groups (broad SMARTS) is 1. The Morgan fingerprint density at radius 2 is 2.11 bits per heavy atom. The molecule has 0 bridgehead atoms. The normalized spacial score (nSPS) is 20.2. The van der Waals surface area contributed by atoms with Crippen LogP contribution >= 0.6 is 0 Å². The highest BCUT2D eigenvalue weighted by molar-refractivity contribution is 5.69. The van der Waals surface area contributed by atoms with Crippen molar-refractivity contribution in [2.24, 2.45) is 5.92 Å². The van der Waals surface area contributed by atoms with Gasteiger partial charge in [0.1, 0.15) is 5.60 Å². The van der Waals surface area contributed by atoms with Gasteiger partial charge >= 0.3 is 12.1 Å². The van der Waals surface area contributed by atoms with E-state index in [0.717, 1.165) is 12.8 Å². The quantitative estimate of drug-likeness (QED) is 0.806. The lowest BCUT2D eigenvalue weighted by Gasteiger charge is -2.34. The van der Waals surface area contributed by atoms with Crippen molar-refractivity contribution in [2.75, 3.05) is 26.2 Å². The lowest BCUT2D eigenvalue weighted by molar-refractivity contribution is -0.136. The first-order chi connectivity index (χ1) is 8.78. The average molecular weight is 272 g/mol. The fraction of sp³-hybridized carbons (Fsp3) is 0.846. The van der Waals surface area contributed by atoms with Gasteiger partial charge in [0.15, 0.2) is 0 Å². The highest BCUT2D eigenvalue weighted by Gasteiger charge is 2.27. The summed E-state index contributed by atoms with van der Waals surface area (Å²) in [6.45, 7) is 7.46. The number of ether oxygens (including phenoxy) is 1. The minimum Gasteiger partial charge on any atom is -0.480 e. The molecular formula is C13H24N2O4. The summed E-state index contributed by atoms with van der Waals surface area (Å²) >= 11 is 0. The van der Waals surface area contributed by atoms with Gasteiger partial charge in [-0.05, 0) is 39.5 Å². The average Bonchev–Trinajstić information content (AvgIpc) is 2.26. The van der Waals surface area contributed by atoms with Crippen LogP contribution in [0, 0.1) is 5.92 Å². The van der Waals surface area contributed by atoms with Crippen LogP contribution in [0.25, 0.3) is 0 Å². The second kappa shape index (κ2) is 6.75. The summed E-state index contributed by atoms with van der Waals surface area (Å²) in [6, 6.07) is 0. The molecule has 0 aromatic heterocycles. The fourth-order valence-corrected chi connectivity index (χ4v) is 2.11. The molecule has 1 atom stereocenters. The van der Waals surface area contributed by atoms with Crippen LogP contribution in [0.4, 0.5) is 4.79 Å². The van der Waals surface area contributed by atoms with Crippen molar-refractivity contribution in [1.29, 1.82) is 0 Å². The van der Waals surface area contributed by atoms with E-state index in [0.29, 0.717) is 25.6 Å². The largest absolute Gasteiger partial charge is 0.480 e. The second-order valence-corrected chi connectivity index (χ2v) is 5.96. The first-order valence-corrected chi connectivity index (χ1v) is 6.68. The summed E-state index contributed by atoms with van der Waals surface area (Å²) in [6.07, 6.45) is 1.65. The Bertz CT molecular complexity index is 325. The Labute approximate surface area is 114 Å². The molecule has 2 N–H and O–H groups in total. The van der Waals surface area contributed by atoms with Crippen molar-refractivity contribution in [3.8, 4) is 0 Å². The highest BCUT2D eigenvalue weighted by Crippen LogP contribution is 2.18. The predicted octanol–water partition coefficient (Wildman–Crippen LogP) is 1.31. The van der Waals surface area contributed by atoms with Gasteiger partial charge in [-0.25, -0.2) is 4.79 Å². The van der Waals surface area contributed by atoms with E-state index in [4.69, 9.17) is 9.84 Å². The van der Waals surface area contributed by atoms with Crippen molar-refractivity contribution >= 4 is 12.1 Å². The Morgan fingerprint density at radius 3 is 2.68 bits per heavy atom. The van der Waals surface area contributed by atoms with E-state index < -0.39 is 11.6 Å². The molecule has 1 amide bonds. The topological polar surface area (TPSA) is 78.9 Å². The van der Waals surface area contributed by atoms with Crippen LogP contribution in [0.15, 0.2) is 0 Å². The monoisotopic (exact) mass is 272 g/mol. The second-order valence-electron chi connectivity index (χ2n) is 5.96. The molecule has 0 unspecified atom stereocenters. The molecule has 1 aliphatic heterocycles. The van der Waals surface area contributed by atoms with Crippen molar-refractivity contribution in [2.45, 2.75) is 39.2 Å². The maximum Gasteiger partial charge on any atom is 0.410 e. The number of likely N-dealkylation sites (tertiary alicyclic amines) is 1. The van der Waals surface area contributed by atoms with Crippen LogP contribution in [0.3, 0.4) is 0 Å². The summed E-state index contributed by atoms with van der Waals surface area (Å²) in [5, 5.41) is 11.4. The van der Waals surface area contributed by atoms with Crippen LogP contribution in [-0.4, -0.2) is 53.8 Å². The van der Waals surface area contributed by atoms with Crippen LogP contribution < -0.4 is 5.32 Å². The number of carboxylic acids is 1. The Morgan fingerprint density at radius 1 is 1.42 bits per heavy atom. The van der Waals surface area contributed by atoms with E-state index >= 15 is 0 Å². The van der Waals surface area contributed by atoms with Crippen LogP contribution in [0.1, 0.15) is 33.6 Å². The summed E-state index contributed by atoms with van der Waals surface area (Å²) in [7, 11) is 0. The third-order valence-electron chi connectivity index (χ3n) is 2.88. The molecule has 0 aromatic carbocycles. The third kappa shape index (κ3) is 6.42. The molecule has 0 aliphatic carbocycles. The molecule has 110 valence electrons. The van der Waals surface area contributed by atoms with E-state index in [1.165, 1.54) is 0 Å². The summed E-state index contributed by atoms with van der Waals surface area (Å²) in [5.41, 5.74) is -0.481. The van der Waals surface area contributed by atoms with Crippen molar-refractivity contribution in [1.82, 2.24) is 10.2 Å². The minimum absolute atomic E-state index is 0.0388. The zero-order chi connectivity index (χ0) is 14.5. The lowest BCUT2D eigenvalue weighted by Crippen LogP contribution is -2.45.